The van der Waals surface area contributed by atoms with Crippen molar-refractivity contribution in [2.24, 2.45) is 5.73 Å². The summed E-state index contributed by atoms with van der Waals surface area (Å²) in [5, 5.41) is 9.32. The lowest BCUT2D eigenvalue weighted by molar-refractivity contribution is 0.475. The van der Waals surface area contributed by atoms with Gasteiger partial charge in [-0.3, -0.25) is 0 Å². The minimum absolute atomic E-state index is 0.322. The monoisotopic (exact) mass is 178 g/mol. The fraction of sp³-hybridized carbons (Fsp3) is 0.400. The van der Waals surface area contributed by atoms with Gasteiger partial charge in [-0.25, -0.2) is 0 Å². The van der Waals surface area contributed by atoms with Gasteiger partial charge in [0, 0.05) is 37.8 Å². The highest BCUT2D eigenvalue weighted by Crippen LogP contribution is 2.36. The Balaban J connectivity index is 2.46. The van der Waals surface area contributed by atoms with Crippen molar-refractivity contribution < 1.29 is 5.11 Å². The fourth-order valence-corrected chi connectivity index (χ4v) is 1.94. The number of hydrogen-bond donors (Lipinski definition) is 2. The van der Waals surface area contributed by atoms with E-state index in [4.69, 9.17) is 5.73 Å². The van der Waals surface area contributed by atoms with E-state index in [1.807, 2.05) is 13.1 Å². The minimum Gasteiger partial charge on any atom is -0.508 e. The third kappa shape index (κ3) is 1.25. The van der Waals surface area contributed by atoms with Gasteiger partial charge >= 0.3 is 0 Å². The lowest BCUT2D eigenvalue weighted by Crippen LogP contribution is -2.20. The van der Waals surface area contributed by atoms with Crippen LogP contribution in [0.2, 0.25) is 0 Å². The van der Waals surface area contributed by atoms with Gasteiger partial charge in [0.15, 0.2) is 0 Å². The third-order valence-electron chi connectivity index (χ3n) is 2.64. The molecule has 3 N–H and O–H groups in total. The summed E-state index contributed by atoms with van der Waals surface area (Å²) >= 11 is 0. The Morgan fingerprint density at radius 2 is 2.38 bits per heavy atom. The number of phenols is 1. The van der Waals surface area contributed by atoms with Gasteiger partial charge in [0.1, 0.15) is 5.75 Å². The first-order valence-corrected chi connectivity index (χ1v) is 4.46. The van der Waals surface area contributed by atoms with E-state index in [1.165, 1.54) is 5.56 Å². The quantitative estimate of drug-likeness (QED) is 0.671. The molecule has 0 spiro atoms. The first kappa shape index (κ1) is 8.38. The summed E-state index contributed by atoms with van der Waals surface area (Å²) in [5.41, 5.74) is 8.02. The second kappa shape index (κ2) is 2.92. The summed E-state index contributed by atoms with van der Waals surface area (Å²) in [7, 11) is 2.02. The summed E-state index contributed by atoms with van der Waals surface area (Å²) in [4.78, 5) is 2.13. The normalized spacial score (nSPS) is 20.5. The SMILES string of the molecule is CN1CC(CN)c2ccc(O)cc21. The number of nitrogens with zero attached hydrogens (tertiary/aromatic N) is 1. The molecule has 0 fully saturated rings. The lowest BCUT2D eigenvalue weighted by Gasteiger charge is -2.11. The van der Waals surface area contributed by atoms with Crippen LogP contribution in [-0.4, -0.2) is 25.2 Å². The molecule has 13 heavy (non-hydrogen) atoms. The molecule has 0 saturated carbocycles. The molecule has 3 nitrogen and oxygen atoms in total. The second-order valence-electron chi connectivity index (χ2n) is 3.56. The van der Waals surface area contributed by atoms with Crippen LogP contribution in [-0.2, 0) is 0 Å². The summed E-state index contributed by atoms with van der Waals surface area (Å²) < 4.78 is 0. The molecule has 2 rings (SSSR count). The fourth-order valence-electron chi connectivity index (χ4n) is 1.94. The molecular weight excluding hydrogens is 164 g/mol. The predicted molar refractivity (Wildman–Crippen MR) is 53.2 cm³/mol. The van der Waals surface area contributed by atoms with Gasteiger partial charge in [-0.2, -0.15) is 0 Å². The predicted octanol–water partition coefficient (Wildman–Crippen LogP) is 0.884. The molecule has 3 heteroatoms. The standard InChI is InChI=1S/C10H14N2O/c1-12-6-7(5-11)9-3-2-8(13)4-10(9)12/h2-4,7,13H,5-6,11H2,1H3. The zero-order valence-electron chi connectivity index (χ0n) is 7.70. The molecule has 0 saturated heterocycles. The number of nitrogens with two attached hydrogens (primary N) is 1. The lowest BCUT2D eigenvalue weighted by atomic mass is 10.0. The largest absolute Gasteiger partial charge is 0.508 e. The molecular formula is C10H14N2O. The number of hydrogen-bond acceptors (Lipinski definition) is 3. The van der Waals surface area contributed by atoms with Gasteiger partial charge in [0.25, 0.3) is 0 Å². The summed E-state index contributed by atoms with van der Waals surface area (Å²) in [6.45, 7) is 1.62. The van der Waals surface area contributed by atoms with Crippen LogP contribution in [0.3, 0.4) is 0 Å². The molecule has 1 aromatic carbocycles. The maximum atomic E-state index is 9.32. The van der Waals surface area contributed by atoms with Crippen molar-refractivity contribution in [1.29, 1.82) is 0 Å². The van der Waals surface area contributed by atoms with Crippen molar-refractivity contribution in [1.82, 2.24) is 0 Å². The number of anilines is 1. The molecule has 1 unspecified atom stereocenters. The molecule has 1 atom stereocenters. The summed E-state index contributed by atoms with van der Waals surface area (Å²) in [6, 6.07) is 5.48. The van der Waals surface area contributed by atoms with E-state index in [1.54, 1.807) is 12.1 Å². The topological polar surface area (TPSA) is 49.5 Å². The van der Waals surface area contributed by atoms with Crippen LogP contribution in [0.4, 0.5) is 5.69 Å². The molecule has 0 radical (unpaired) electrons. The zero-order chi connectivity index (χ0) is 9.42. The number of fused-ring (bicyclic) bond motifs is 1. The average Bonchev–Trinajstić information content (AvgIpc) is 2.43. The molecule has 1 aliphatic rings. The molecule has 0 bridgehead atoms. The highest BCUT2D eigenvalue weighted by atomic mass is 16.3. The van der Waals surface area contributed by atoms with Gasteiger partial charge in [0.2, 0.25) is 0 Å². The van der Waals surface area contributed by atoms with Crippen molar-refractivity contribution in [3.05, 3.63) is 23.8 Å². The zero-order valence-corrected chi connectivity index (χ0v) is 7.70. The maximum Gasteiger partial charge on any atom is 0.117 e. The maximum absolute atomic E-state index is 9.32. The van der Waals surface area contributed by atoms with Gasteiger partial charge in [-0.05, 0) is 11.6 Å². The number of phenolic OH excluding ortho intramolecular Hbond substituents is 1. The van der Waals surface area contributed by atoms with Crippen LogP contribution in [0.25, 0.3) is 0 Å². The highest BCUT2D eigenvalue weighted by Gasteiger charge is 2.25. The van der Waals surface area contributed by atoms with Crippen molar-refractivity contribution in [3.63, 3.8) is 0 Å². The van der Waals surface area contributed by atoms with E-state index >= 15 is 0 Å². The molecule has 1 aliphatic heterocycles. The van der Waals surface area contributed by atoms with Crippen LogP contribution in [0.15, 0.2) is 18.2 Å². The molecule has 0 aliphatic carbocycles. The van der Waals surface area contributed by atoms with E-state index in [-0.39, 0.29) is 0 Å². The Morgan fingerprint density at radius 3 is 3.08 bits per heavy atom. The van der Waals surface area contributed by atoms with Crippen molar-refractivity contribution >= 4 is 5.69 Å². The van der Waals surface area contributed by atoms with Crippen LogP contribution in [0, 0.1) is 0 Å². The van der Waals surface area contributed by atoms with Crippen molar-refractivity contribution in [3.8, 4) is 5.75 Å². The Labute approximate surface area is 77.8 Å². The molecule has 70 valence electrons. The molecule has 0 aromatic heterocycles. The van der Waals surface area contributed by atoms with Crippen molar-refractivity contribution in [2.75, 3.05) is 25.0 Å². The van der Waals surface area contributed by atoms with Gasteiger partial charge in [0.05, 0.1) is 0 Å². The van der Waals surface area contributed by atoms with E-state index in [0.717, 1.165) is 12.2 Å². The van der Waals surface area contributed by atoms with Crippen LogP contribution < -0.4 is 10.6 Å². The number of aromatic hydroxyl groups is 1. The number of rotatable bonds is 1. The van der Waals surface area contributed by atoms with Crippen LogP contribution in [0.1, 0.15) is 11.5 Å². The number of likely N-dealkylation sites (N-methyl/N-ethyl adjacent to an activating group) is 1. The third-order valence-corrected chi connectivity index (χ3v) is 2.64. The summed E-state index contributed by atoms with van der Waals surface area (Å²) in [6.07, 6.45) is 0. The Bertz CT molecular complexity index is 325. The smallest absolute Gasteiger partial charge is 0.117 e. The van der Waals surface area contributed by atoms with Gasteiger partial charge < -0.3 is 15.7 Å². The van der Waals surface area contributed by atoms with Gasteiger partial charge in [-0.1, -0.05) is 6.07 Å². The van der Waals surface area contributed by atoms with Crippen LogP contribution >= 0.6 is 0 Å². The average molecular weight is 178 g/mol. The van der Waals surface area contributed by atoms with Crippen LogP contribution in [0.5, 0.6) is 5.75 Å². The first-order chi connectivity index (χ1) is 6.22. The second-order valence-corrected chi connectivity index (χ2v) is 3.56. The van der Waals surface area contributed by atoms with Crippen molar-refractivity contribution in [2.45, 2.75) is 5.92 Å². The minimum atomic E-state index is 0.322. The summed E-state index contributed by atoms with van der Waals surface area (Å²) in [5.74, 6) is 0.740. The molecule has 1 heterocycles. The van der Waals surface area contributed by atoms with E-state index in [2.05, 4.69) is 4.90 Å². The molecule has 0 amide bonds. The van der Waals surface area contributed by atoms with E-state index < -0.39 is 0 Å². The Hall–Kier alpha value is -1.22. The van der Waals surface area contributed by atoms with E-state index in [0.29, 0.717) is 18.2 Å². The number of benzene rings is 1. The Morgan fingerprint density at radius 1 is 1.62 bits per heavy atom. The van der Waals surface area contributed by atoms with E-state index in [9.17, 15) is 5.11 Å². The first-order valence-electron chi connectivity index (χ1n) is 4.46. The van der Waals surface area contributed by atoms with Gasteiger partial charge in [-0.15, -0.1) is 0 Å². The molecule has 1 aromatic rings. The highest BCUT2D eigenvalue weighted by molar-refractivity contribution is 5.62. The Kier molecular flexibility index (Phi) is 1.88.